The average molecular weight is 175 g/mol. The molecule has 2 atom stereocenters. The summed E-state index contributed by atoms with van der Waals surface area (Å²) in [6, 6.07) is 0. The van der Waals surface area contributed by atoms with Gasteiger partial charge >= 0.3 is 0 Å². The third-order valence-electron chi connectivity index (χ3n) is 2.33. The maximum absolute atomic E-state index is 12.9. The van der Waals surface area contributed by atoms with E-state index < -0.39 is 6.17 Å². The summed E-state index contributed by atoms with van der Waals surface area (Å²) in [5, 5.41) is 0. The Morgan fingerprint density at radius 1 is 1.42 bits per heavy atom. The van der Waals surface area contributed by atoms with Crippen molar-refractivity contribution in [3.05, 3.63) is 0 Å². The van der Waals surface area contributed by atoms with Crippen LogP contribution in [0.3, 0.4) is 0 Å². The zero-order valence-corrected chi connectivity index (χ0v) is 8.81. The molecule has 74 valence electrons. The molecule has 1 aliphatic heterocycles. The lowest BCUT2D eigenvalue weighted by Crippen LogP contribution is -2.39. The fourth-order valence-electron chi connectivity index (χ4n) is 1.49. The van der Waals surface area contributed by atoms with Crippen molar-refractivity contribution in [2.75, 3.05) is 19.6 Å². The van der Waals surface area contributed by atoms with E-state index in [1.807, 2.05) is 20.8 Å². The Hall–Kier alpha value is -0.110. The number of hydrogen-bond donors (Lipinski definition) is 0. The monoisotopic (exact) mass is 175 g/mol. The van der Waals surface area contributed by atoms with Gasteiger partial charge in [-0.15, -0.1) is 0 Å². The van der Waals surface area contributed by atoms with Gasteiger partial charge in [0, 0.05) is 19.0 Å². The summed E-state index contributed by atoms with van der Waals surface area (Å²) in [6.45, 7) is 11.1. The van der Waals surface area contributed by atoms with Crippen molar-refractivity contribution in [2.24, 2.45) is 5.92 Å². The molecule has 0 aliphatic carbocycles. The van der Waals surface area contributed by atoms with E-state index in [9.17, 15) is 4.39 Å². The molecule has 1 heterocycles. The van der Waals surface area contributed by atoms with Crippen molar-refractivity contribution >= 4 is 0 Å². The lowest BCUT2D eigenvalue weighted by molar-refractivity contribution is 0.101. The molecule has 1 nitrogen and oxygen atoms in total. The Morgan fingerprint density at radius 2 is 2.00 bits per heavy atom. The summed E-state index contributed by atoms with van der Waals surface area (Å²) >= 11 is 0. The van der Waals surface area contributed by atoms with Gasteiger partial charge in [0.2, 0.25) is 0 Å². The first kappa shape index (κ1) is 11.9. The lowest BCUT2D eigenvalue weighted by Gasteiger charge is -2.32. The van der Waals surface area contributed by atoms with Gasteiger partial charge in [0.15, 0.2) is 0 Å². The summed E-state index contributed by atoms with van der Waals surface area (Å²) in [6.07, 6.45) is 0.178. The smallest absolute Gasteiger partial charge is 0.105 e. The van der Waals surface area contributed by atoms with E-state index in [1.54, 1.807) is 0 Å². The molecule has 0 radical (unpaired) electrons. The number of rotatable bonds is 1. The third kappa shape index (κ3) is 3.53. The summed E-state index contributed by atoms with van der Waals surface area (Å²) in [5.74, 6) is 0.244. The van der Waals surface area contributed by atoms with Crippen molar-refractivity contribution in [1.82, 2.24) is 4.90 Å². The highest BCUT2D eigenvalue weighted by Crippen LogP contribution is 2.18. The number of halogens is 1. The fraction of sp³-hybridized carbons (Fsp3) is 1.00. The second-order valence-electron chi connectivity index (χ2n) is 3.18. The Morgan fingerprint density at radius 3 is 2.42 bits per heavy atom. The predicted octanol–water partition coefficient (Wildman–Crippen LogP) is 2.71. The van der Waals surface area contributed by atoms with Gasteiger partial charge in [-0.3, -0.25) is 0 Å². The van der Waals surface area contributed by atoms with Crippen LogP contribution >= 0.6 is 0 Å². The SMILES string of the molecule is CC.CCN1CCC(F)C(C)C1. The number of likely N-dealkylation sites (tertiary alicyclic amines) is 1. The van der Waals surface area contributed by atoms with E-state index in [0.29, 0.717) is 0 Å². The number of nitrogens with zero attached hydrogens (tertiary/aromatic N) is 1. The molecule has 0 aromatic heterocycles. The highest BCUT2D eigenvalue weighted by atomic mass is 19.1. The van der Waals surface area contributed by atoms with Crippen LogP contribution < -0.4 is 0 Å². The molecule has 1 aliphatic rings. The second kappa shape index (κ2) is 6.41. The highest BCUT2D eigenvalue weighted by Gasteiger charge is 2.24. The van der Waals surface area contributed by atoms with Crippen molar-refractivity contribution < 1.29 is 4.39 Å². The Kier molecular flexibility index (Phi) is 6.35. The molecule has 0 saturated carbocycles. The lowest BCUT2D eigenvalue weighted by atomic mass is 9.98. The minimum atomic E-state index is -0.553. The van der Waals surface area contributed by atoms with Gasteiger partial charge in [-0.1, -0.05) is 27.7 Å². The van der Waals surface area contributed by atoms with E-state index in [-0.39, 0.29) is 5.92 Å². The highest BCUT2D eigenvalue weighted by molar-refractivity contribution is 4.76. The topological polar surface area (TPSA) is 3.24 Å². The molecule has 1 rings (SSSR count). The molecule has 0 spiro atoms. The maximum Gasteiger partial charge on any atom is 0.105 e. The van der Waals surface area contributed by atoms with Crippen LogP contribution in [0.15, 0.2) is 0 Å². The Labute approximate surface area is 75.9 Å². The molecule has 0 aromatic rings. The Balaban J connectivity index is 0.000000561. The molecule has 0 amide bonds. The van der Waals surface area contributed by atoms with Crippen LogP contribution in [0.25, 0.3) is 0 Å². The molecule has 0 aromatic carbocycles. The first-order chi connectivity index (χ1) is 5.74. The first-order valence-electron chi connectivity index (χ1n) is 5.10. The molecule has 2 unspecified atom stereocenters. The minimum absolute atomic E-state index is 0.244. The number of piperidine rings is 1. The van der Waals surface area contributed by atoms with Crippen LogP contribution in [0.4, 0.5) is 4.39 Å². The van der Waals surface area contributed by atoms with Crippen LogP contribution in [0.2, 0.25) is 0 Å². The van der Waals surface area contributed by atoms with Gasteiger partial charge < -0.3 is 4.90 Å². The van der Waals surface area contributed by atoms with Crippen LogP contribution in [0, 0.1) is 5.92 Å². The van der Waals surface area contributed by atoms with E-state index in [2.05, 4.69) is 11.8 Å². The van der Waals surface area contributed by atoms with Crippen LogP contribution in [-0.2, 0) is 0 Å². The molecule has 12 heavy (non-hydrogen) atoms. The summed E-state index contributed by atoms with van der Waals surface area (Å²) in [4.78, 5) is 2.31. The van der Waals surface area contributed by atoms with Gasteiger partial charge in [-0.25, -0.2) is 4.39 Å². The first-order valence-corrected chi connectivity index (χ1v) is 5.10. The number of alkyl halides is 1. The summed E-state index contributed by atoms with van der Waals surface area (Å²) in [5.41, 5.74) is 0. The van der Waals surface area contributed by atoms with E-state index in [4.69, 9.17) is 0 Å². The van der Waals surface area contributed by atoms with Crippen molar-refractivity contribution in [1.29, 1.82) is 0 Å². The van der Waals surface area contributed by atoms with Crippen molar-refractivity contribution in [2.45, 2.75) is 40.3 Å². The molecular weight excluding hydrogens is 153 g/mol. The quantitative estimate of drug-likeness (QED) is 0.592. The van der Waals surface area contributed by atoms with Crippen LogP contribution in [0.5, 0.6) is 0 Å². The van der Waals surface area contributed by atoms with Crippen LogP contribution in [-0.4, -0.2) is 30.7 Å². The largest absolute Gasteiger partial charge is 0.303 e. The summed E-state index contributed by atoms with van der Waals surface area (Å²) in [7, 11) is 0. The van der Waals surface area contributed by atoms with Crippen molar-refractivity contribution in [3.63, 3.8) is 0 Å². The molecular formula is C10H22FN. The van der Waals surface area contributed by atoms with E-state index in [0.717, 1.165) is 26.1 Å². The van der Waals surface area contributed by atoms with Gasteiger partial charge in [0.25, 0.3) is 0 Å². The normalized spacial score (nSPS) is 30.8. The van der Waals surface area contributed by atoms with Gasteiger partial charge in [-0.05, 0) is 13.0 Å². The van der Waals surface area contributed by atoms with Gasteiger partial charge in [0.05, 0.1) is 0 Å². The fourth-order valence-corrected chi connectivity index (χ4v) is 1.49. The van der Waals surface area contributed by atoms with Crippen LogP contribution in [0.1, 0.15) is 34.1 Å². The molecule has 1 saturated heterocycles. The molecule has 2 heteroatoms. The second-order valence-corrected chi connectivity index (χ2v) is 3.18. The molecule has 1 fully saturated rings. The Bertz CT molecular complexity index is 106. The summed E-state index contributed by atoms with van der Waals surface area (Å²) < 4.78 is 12.9. The molecule has 0 N–H and O–H groups in total. The zero-order valence-electron chi connectivity index (χ0n) is 8.81. The standard InChI is InChI=1S/C8H16FN.C2H6/c1-3-10-5-4-8(9)7(2)6-10;1-2/h7-8H,3-6H2,1-2H3;1-2H3. The zero-order chi connectivity index (χ0) is 9.56. The van der Waals surface area contributed by atoms with Crippen molar-refractivity contribution in [3.8, 4) is 0 Å². The maximum atomic E-state index is 12.9. The predicted molar refractivity (Wildman–Crippen MR) is 52.1 cm³/mol. The van der Waals surface area contributed by atoms with E-state index in [1.165, 1.54) is 0 Å². The average Bonchev–Trinajstić information content (AvgIpc) is 2.13. The number of hydrogen-bond acceptors (Lipinski definition) is 1. The van der Waals surface area contributed by atoms with Gasteiger partial charge in [-0.2, -0.15) is 0 Å². The molecule has 0 bridgehead atoms. The van der Waals surface area contributed by atoms with E-state index >= 15 is 0 Å². The van der Waals surface area contributed by atoms with Gasteiger partial charge in [0.1, 0.15) is 6.17 Å². The minimum Gasteiger partial charge on any atom is -0.303 e. The third-order valence-corrected chi connectivity index (χ3v) is 2.33.